The number of hydrogen-bond acceptors (Lipinski definition) is 7. The first-order valence-electron chi connectivity index (χ1n) is 11.4. The van der Waals surface area contributed by atoms with E-state index < -0.39 is 35.3 Å². The zero-order chi connectivity index (χ0) is 26.1. The lowest BCUT2D eigenvalue weighted by atomic mass is 9.93. The molecule has 1 aromatic heterocycles. The van der Waals surface area contributed by atoms with E-state index in [0.717, 1.165) is 29.0 Å². The van der Waals surface area contributed by atoms with Crippen LogP contribution in [0.5, 0.6) is 0 Å². The number of ether oxygens (including phenoxy) is 1. The number of ketones is 1. The fraction of sp³-hybridized carbons (Fsp3) is 0.259. The van der Waals surface area contributed by atoms with E-state index in [0.29, 0.717) is 11.3 Å². The molecule has 1 atom stereocenters. The largest absolute Gasteiger partial charge is 0.507 e. The topological polar surface area (TPSA) is 96.8 Å². The third-order valence-corrected chi connectivity index (χ3v) is 7.07. The van der Waals surface area contributed by atoms with Crippen LogP contribution in [0, 0.1) is 12.7 Å². The highest BCUT2D eigenvalue weighted by Gasteiger charge is 2.48. The zero-order valence-corrected chi connectivity index (χ0v) is 21.1. The highest BCUT2D eigenvalue weighted by atomic mass is 32.1. The van der Waals surface area contributed by atoms with Crippen LogP contribution in [0.2, 0.25) is 0 Å². The summed E-state index contributed by atoms with van der Waals surface area (Å²) < 4.78 is 18.6. The van der Waals surface area contributed by atoms with Crippen LogP contribution in [0.4, 0.5) is 9.52 Å². The number of rotatable bonds is 6. The van der Waals surface area contributed by atoms with Crippen molar-refractivity contribution >= 4 is 39.9 Å². The minimum atomic E-state index is -1.00. The van der Waals surface area contributed by atoms with Gasteiger partial charge in [-0.3, -0.25) is 14.5 Å². The lowest BCUT2D eigenvalue weighted by Gasteiger charge is -2.23. The Morgan fingerprint density at radius 2 is 1.78 bits per heavy atom. The van der Waals surface area contributed by atoms with E-state index in [9.17, 15) is 23.9 Å². The SMILES string of the molecule is CCOC(=O)c1sc(N2C(=O)C(=O)/C(=C(/O)c3ccc(F)cc3)C2c2ccc(C(C)C)cc2)nc1C. The van der Waals surface area contributed by atoms with Gasteiger partial charge in [-0.1, -0.05) is 49.4 Å². The van der Waals surface area contributed by atoms with Gasteiger partial charge in [0.2, 0.25) is 0 Å². The summed E-state index contributed by atoms with van der Waals surface area (Å²) in [6, 6.07) is 11.4. The quantitative estimate of drug-likeness (QED) is 0.204. The average molecular weight is 509 g/mol. The van der Waals surface area contributed by atoms with Crippen LogP contribution in [-0.2, 0) is 14.3 Å². The maximum atomic E-state index is 13.5. The summed E-state index contributed by atoms with van der Waals surface area (Å²) >= 11 is 0.942. The molecule has 3 aromatic rings. The summed E-state index contributed by atoms with van der Waals surface area (Å²) in [6.07, 6.45) is 0. The van der Waals surface area contributed by atoms with Crippen molar-refractivity contribution in [3.05, 3.63) is 87.2 Å². The Kier molecular flexibility index (Phi) is 7.03. The van der Waals surface area contributed by atoms with Crippen LogP contribution < -0.4 is 4.90 Å². The van der Waals surface area contributed by atoms with Crippen molar-refractivity contribution < 1.29 is 28.6 Å². The molecule has 1 saturated heterocycles. The van der Waals surface area contributed by atoms with Crippen LogP contribution >= 0.6 is 11.3 Å². The Morgan fingerprint density at radius 3 is 2.36 bits per heavy atom. The standard InChI is InChI=1S/C27H25FN2O5S/c1-5-35-26(34)24-15(4)29-27(36-24)30-21(17-8-6-16(7-9-17)14(2)3)20(23(32)25(30)33)22(31)18-10-12-19(28)13-11-18/h6-14,21,31H,5H2,1-4H3/b22-20+. The fourth-order valence-corrected chi connectivity index (χ4v) is 5.03. The molecule has 1 aliphatic heterocycles. The zero-order valence-electron chi connectivity index (χ0n) is 20.2. The predicted octanol–water partition coefficient (Wildman–Crippen LogP) is 5.52. The van der Waals surface area contributed by atoms with E-state index in [2.05, 4.69) is 4.98 Å². The summed E-state index contributed by atoms with van der Waals surface area (Å²) in [6.45, 7) is 7.57. The number of thiazole rings is 1. The molecule has 36 heavy (non-hydrogen) atoms. The van der Waals surface area contributed by atoms with Gasteiger partial charge in [0.25, 0.3) is 5.78 Å². The first-order chi connectivity index (χ1) is 17.1. The van der Waals surface area contributed by atoms with Gasteiger partial charge < -0.3 is 9.84 Å². The molecule has 1 amide bonds. The number of aliphatic hydroxyl groups is 1. The van der Waals surface area contributed by atoms with E-state index in [1.165, 1.54) is 17.0 Å². The van der Waals surface area contributed by atoms with Crippen molar-refractivity contribution in [1.82, 2.24) is 4.98 Å². The van der Waals surface area contributed by atoms with Crippen molar-refractivity contribution in [3.8, 4) is 0 Å². The molecule has 0 aliphatic carbocycles. The second kappa shape index (κ2) is 10.0. The highest BCUT2D eigenvalue weighted by molar-refractivity contribution is 7.17. The molecule has 0 radical (unpaired) electrons. The van der Waals surface area contributed by atoms with Gasteiger partial charge in [-0.15, -0.1) is 0 Å². The lowest BCUT2D eigenvalue weighted by Crippen LogP contribution is -2.29. The molecule has 2 aromatic carbocycles. The number of anilines is 1. The van der Waals surface area contributed by atoms with Crippen LogP contribution in [0.1, 0.15) is 64.8 Å². The number of aryl methyl sites for hydroxylation is 1. The minimum absolute atomic E-state index is 0.133. The van der Waals surface area contributed by atoms with Gasteiger partial charge in [0.05, 0.1) is 23.9 Å². The Labute approximate surface area is 211 Å². The van der Waals surface area contributed by atoms with Gasteiger partial charge in [-0.05, 0) is 55.2 Å². The van der Waals surface area contributed by atoms with E-state index >= 15 is 0 Å². The average Bonchev–Trinajstić information content (AvgIpc) is 3.36. The molecule has 4 rings (SSSR count). The molecule has 7 nitrogen and oxygen atoms in total. The van der Waals surface area contributed by atoms with Crippen LogP contribution in [0.25, 0.3) is 5.76 Å². The summed E-state index contributed by atoms with van der Waals surface area (Å²) in [7, 11) is 0. The summed E-state index contributed by atoms with van der Waals surface area (Å²) in [5.74, 6) is -3.02. The fourth-order valence-electron chi connectivity index (χ4n) is 4.04. The Hall–Kier alpha value is -3.85. The number of halogens is 1. The third-order valence-electron chi connectivity index (χ3n) is 5.93. The van der Waals surface area contributed by atoms with E-state index in [4.69, 9.17) is 4.74 Å². The first-order valence-corrected chi connectivity index (χ1v) is 12.3. The maximum Gasteiger partial charge on any atom is 0.350 e. The van der Waals surface area contributed by atoms with Gasteiger partial charge in [0.1, 0.15) is 16.5 Å². The highest BCUT2D eigenvalue weighted by Crippen LogP contribution is 2.44. The molecule has 1 N–H and O–H groups in total. The maximum absolute atomic E-state index is 13.5. The number of amides is 1. The van der Waals surface area contributed by atoms with Crippen molar-refractivity contribution in [2.45, 2.75) is 39.7 Å². The molecule has 1 fully saturated rings. The number of hydrogen-bond donors (Lipinski definition) is 1. The Bertz CT molecular complexity index is 1360. The summed E-state index contributed by atoms with van der Waals surface area (Å²) in [4.78, 5) is 44.8. The lowest BCUT2D eigenvalue weighted by molar-refractivity contribution is -0.132. The van der Waals surface area contributed by atoms with E-state index in [-0.39, 0.29) is 33.7 Å². The molecule has 186 valence electrons. The number of esters is 1. The van der Waals surface area contributed by atoms with E-state index in [1.54, 1.807) is 26.0 Å². The number of carbonyl (C=O) groups is 3. The predicted molar refractivity (Wildman–Crippen MR) is 135 cm³/mol. The number of aliphatic hydroxyl groups excluding tert-OH is 1. The number of benzene rings is 2. The summed E-state index contributed by atoms with van der Waals surface area (Å²) in [5.41, 5.74) is 2.05. The van der Waals surface area contributed by atoms with Crippen molar-refractivity contribution in [1.29, 1.82) is 0 Å². The minimum Gasteiger partial charge on any atom is -0.507 e. The molecule has 0 bridgehead atoms. The Morgan fingerprint density at radius 1 is 1.14 bits per heavy atom. The molecule has 0 saturated carbocycles. The van der Waals surface area contributed by atoms with Crippen molar-refractivity contribution in [2.24, 2.45) is 0 Å². The molecular formula is C27H25FN2O5S. The van der Waals surface area contributed by atoms with Gasteiger partial charge in [-0.2, -0.15) is 0 Å². The van der Waals surface area contributed by atoms with Gasteiger partial charge >= 0.3 is 11.9 Å². The van der Waals surface area contributed by atoms with E-state index in [1.807, 2.05) is 26.0 Å². The van der Waals surface area contributed by atoms with Gasteiger partial charge in [0, 0.05) is 5.56 Å². The first kappa shape index (κ1) is 25.2. The number of Topliss-reactive ketones (excluding diaryl/α,β-unsaturated/α-hetero) is 1. The third kappa shape index (κ3) is 4.54. The normalized spacial score (nSPS) is 17.2. The number of aromatic nitrogens is 1. The van der Waals surface area contributed by atoms with Crippen LogP contribution in [0.15, 0.2) is 54.1 Å². The van der Waals surface area contributed by atoms with Crippen molar-refractivity contribution in [2.75, 3.05) is 11.5 Å². The molecule has 1 unspecified atom stereocenters. The molecular weight excluding hydrogens is 483 g/mol. The van der Waals surface area contributed by atoms with Crippen molar-refractivity contribution in [3.63, 3.8) is 0 Å². The summed E-state index contributed by atoms with van der Waals surface area (Å²) in [5, 5.41) is 11.3. The molecule has 0 spiro atoms. The van der Waals surface area contributed by atoms with Gasteiger partial charge in [-0.25, -0.2) is 14.2 Å². The molecule has 2 heterocycles. The Balaban J connectivity index is 1.90. The molecule has 9 heteroatoms. The second-order valence-electron chi connectivity index (χ2n) is 8.63. The van der Waals surface area contributed by atoms with Crippen LogP contribution in [0.3, 0.4) is 0 Å². The second-order valence-corrected chi connectivity index (χ2v) is 9.61. The molecule has 1 aliphatic rings. The number of nitrogens with zero attached hydrogens (tertiary/aromatic N) is 2. The van der Waals surface area contributed by atoms with Crippen LogP contribution in [-0.4, -0.2) is 34.4 Å². The number of carbonyl (C=O) groups excluding carboxylic acids is 3. The smallest absolute Gasteiger partial charge is 0.350 e. The van der Waals surface area contributed by atoms with Gasteiger partial charge in [0.15, 0.2) is 5.13 Å². The monoisotopic (exact) mass is 508 g/mol.